The Kier molecular flexibility index (Phi) is 4.60. The minimum absolute atomic E-state index is 0.110. The zero-order valence-electron chi connectivity index (χ0n) is 13.1. The number of hydrogen-bond donors (Lipinski definition) is 0. The van der Waals surface area contributed by atoms with E-state index >= 15 is 0 Å². The third-order valence-corrected chi connectivity index (χ3v) is 6.11. The van der Waals surface area contributed by atoms with Gasteiger partial charge in [0.1, 0.15) is 12.4 Å². The summed E-state index contributed by atoms with van der Waals surface area (Å²) in [5.74, 6) is -1.00. The van der Waals surface area contributed by atoms with Crippen molar-refractivity contribution in [3.8, 4) is 0 Å². The van der Waals surface area contributed by atoms with Gasteiger partial charge in [0.25, 0.3) is 0 Å². The maximum Gasteiger partial charge on any atom is 0.243 e. The van der Waals surface area contributed by atoms with Gasteiger partial charge in [0.05, 0.1) is 11.9 Å². The van der Waals surface area contributed by atoms with E-state index in [4.69, 9.17) is 0 Å². The van der Waals surface area contributed by atoms with Crippen LogP contribution in [0.2, 0.25) is 0 Å². The second-order valence-corrected chi connectivity index (χ2v) is 8.56. The van der Waals surface area contributed by atoms with Crippen molar-refractivity contribution in [1.29, 1.82) is 0 Å². The monoisotopic (exact) mass is 368 g/mol. The number of carbonyl (C=O) groups excluding carboxylic acids is 1. The first-order chi connectivity index (χ1) is 11.4. The molecule has 0 fully saturated rings. The molecule has 0 radical (unpaired) electrons. The lowest BCUT2D eigenvalue weighted by Crippen LogP contribution is -2.44. The fraction of sp³-hybridized carbons (Fsp3) is 0.312. The number of para-hydroxylation sites is 1. The van der Waals surface area contributed by atoms with Crippen LogP contribution in [-0.4, -0.2) is 38.6 Å². The summed E-state index contributed by atoms with van der Waals surface area (Å²) in [5.41, 5.74) is 0.984. The standard InChI is InChI=1S/C16H17FN2O3S2/c1-24(21,22)19(14-5-3-2-4-13(14)17)11-16(20)18-8-6-15-12(10-18)7-9-23-15/h2-5,7,9H,6,8,10-11H2,1H3. The molecule has 1 aromatic heterocycles. The minimum atomic E-state index is -3.78. The number of sulfonamides is 1. The van der Waals surface area contributed by atoms with Crippen LogP contribution in [0.15, 0.2) is 35.7 Å². The molecule has 0 unspecified atom stereocenters. The first-order valence-corrected chi connectivity index (χ1v) is 10.1. The number of nitrogens with zero attached hydrogens (tertiary/aromatic N) is 2. The van der Waals surface area contributed by atoms with E-state index in [0.29, 0.717) is 13.1 Å². The van der Waals surface area contributed by atoms with Gasteiger partial charge in [0.15, 0.2) is 0 Å². The summed E-state index contributed by atoms with van der Waals surface area (Å²) in [7, 11) is -3.78. The first kappa shape index (κ1) is 16.9. The highest BCUT2D eigenvalue weighted by Gasteiger charge is 2.28. The van der Waals surface area contributed by atoms with Crippen LogP contribution < -0.4 is 4.31 Å². The van der Waals surface area contributed by atoms with Crippen molar-refractivity contribution >= 4 is 33.0 Å². The average molecular weight is 368 g/mol. The summed E-state index contributed by atoms with van der Waals surface area (Å²) in [6, 6.07) is 7.53. The van der Waals surface area contributed by atoms with Gasteiger partial charge < -0.3 is 4.90 Å². The lowest BCUT2D eigenvalue weighted by molar-refractivity contribution is -0.130. The average Bonchev–Trinajstić information content (AvgIpc) is 2.99. The van der Waals surface area contributed by atoms with Crippen LogP contribution in [-0.2, 0) is 27.8 Å². The van der Waals surface area contributed by atoms with E-state index in [1.165, 1.54) is 23.1 Å². The highest BCUT2D eigenvalue weighted by Crippen LogP contribution is 2.25. The summed E-state index contributed by atoms with van der Waals surface area (Å²) in [6.45, 7) is 0.604. The van der Waals surface area contributed by atoms with E-state index in [2.05, 4.69) is 0 Å². The van der Waals surface area contributed by atoms with Gasteiger partial charge in [-0.2, -0.15) is 0 Å². The molecule has 1 aliphatic rings. The molecule has 5 nitrogen and oxygen atoms in total. The molecule has 2 heterocycles. The van der Waals surface area contributed by atoms with Gasteiger partial charge in [-0.3, -0.25) is 9.10 Å². The Hall–Kier alpha value is -1.93. The Balaban J connectivity index is 1.81. The molecular formula is C16H17FN2O3S2. The molecule has 0 aliphatic carbocycles. The number of amides is 1. The maximum absolute atomic E-state index is 14.0. The molecule has 24 heavy (non-hydrogen) atoms. The summed E-state index contributed by atoms with van der Waals surface area (Å²) < 4.78 is 38.9. The molecule has 0 saturated heterocycles. The van der Waals surface area contributed by atoms with Gasteiger partial charge in [-0.1, -0.05) is 12.1 Å². The Morgan fingerprint density at radius 1 is 1.33 bits per heavy atom. The van der Waals surface area contributed by atoms with Crippen molar-refractivity contribution in [2.45, 2.75) is 13.0 Å². The Labute approximate surface area is 144 Å². The Morgan fingerprint density at radius 3 is 2.79 bits per heavy atom. The number of fused-ring (bicyclic) bond motifs is 1. The molecular weight excluding hydrogens is 351 g/mol. The number of anilines is 1. The molecule has 0 atom stereocenters. The maximum atomic E-state index is 14.0. The van der Waals surface area contributed by atoms with Crippen molar-refractivity contribution in [2.75, 3.05) is 23.7 Å². The minimum Gasteiger partial charge on any atom is -0.336 e. The second kappa shape index (κ2) is 6.52. The molecule has 1 aliphatic heterocycles. The topological polar surface area (TPSA) is 57.7 Å². The first-order valence-electron chi connectivity index (χ1n) is 7.41. The van der Waals surface area contributed by atoms with Crippen molar-refractivity contribution < 1.29 is 17.6 Å². The van der Waals surface area contributed by atoms with Crippen molar-refractivity contribution in [1.82, 2.24) is 4.90 Å². The molecule has 1 amide bonds. The predicted molar refractivity (Wildman–Crippen MR) is 92.0 cm³/mol. The van der Waals surface area contributed by atoms with Crippen molar-refractivity contribution in [3.63, 3.8) is 0 Å². The van der Waals surface area contributed by atoms with Gasteiger partial charge in [-0.15, -0.1) is 11.3 Å². The normalized spacial score (nSPS) is 14.3. The predicted octanol–water partition coefficient (Wildman–Crippen LogP) is 2.24. The van der Waals surface area contributed by atoms with Crippen molar-refractivity contribution in [3.05, 3.63) is 52.0 Å². The van der Waals surface area contributed by atoms with E-state index in [1.54, 1.807) is 22.3 Å². The second-order valence-electron chi connectivity index (χ2n) is 5.66. The Morgan fingerprint density at radius 2 is 2.08 bits per heavy atom. The fourth-order valence-corrected chi connectivity index (χ4v) is 4.46. The molecule has 0 spiro atoms. The van der Waals surface area contributed by atoms with Gasteiger partial charge in [0.2, 0.25) is 15.9 Å². The summed E-state index contributed by atoms with van der Waals surface area (Å²) in [5, 5.41) is 1.99. The third kappa shape index (κ3) is 3.44. The zero-order chi connectivity index (χ0) is 17.3. The summed E-state index contributed by atoms with van der Waals surface area (Å²) >= 11 is 1.66. The van der Waals surface area contributed by atoms with Crippen LogP contribution in [0.1, 0.15) is 10.4 Å². The van der Waals surface area contributed by atoms with E-state index < -0.39 is 22.4 Å². The number of carbonyl (C=O) groups is 1. The van der Waals surface area contributed by atoms with Crippen LogP contribution in [0.5, 0.6) is 0 Å². The van der Waals surface area contributed by atoms with Gasteiger partial charge >= 0.3 is 0 Å². The smallest absolute Gasteiger partial charge is 0.243 e. The lowest BCUT2D eigenvalue weighted by Gasteiger charge is -2.30. The van der Waals surface area contributed by atoms with Gasteiger partial charge in [-0.25, -0.2) is 12.8 Å². The fourth-order valence-electron chi connectivity index (χ4n) is 2.72. The molecule has 0 saturated carbocycles. The molecule has 8 heteroatoms. The highest BCUT2D eigenvalue weighted by atomic mass is 32.2. The van der Waals surface area contributed by atoms with Gasteiger partial charge in [0, 0.05) is 18.0 Å². The van der Waals surface area contributed by atoms with Crippen LogP contribution in [0, 0.1) is 5.82 Å². The molecule has 1 aromatic carbocycles. The van der Waals surface area contributed by atoms with Crippen molar-refractivity contribution in [2.24, 2.45) is 0 Å². The number of benzene rings is 1. The number of rotatable bonds is 4. The summed E-state index contributed by atoms with van der Waals surface area (Å²) in [4.78, 5) is 15.4. The number of hydrogen-bond acceptors (Lipinski definition) is 4. The molecule has 0 N–H and O–H groups in total. The van der Waals surface area contributed by atoms with Crippen LogP contribution in [0.25, 0.3) is 0 Å². The van der Waals surface area contributed by atoms with E-state index in [0.717, 1.165) is 22.5 Å². The SMILES string of the molecule is CS(=O)(=O)N(CC(=O)N1CCc2sccc2C1)c1ccccc1F. The third-order valence-electron chi connectivity index (χ3n) is 3.96. The van der Waals surface area contributed by atoms with E-state index in [9.17, 15) is 17.6 Å². The molecule has 3 rings (SSSR count). The Bertz CT molecular complexity index is 864. The molecule has 2 aromatic rings. The number of thiophene rings is 1. The lowest BCUT2D eigenvalue weighted by atomic mass is 10.1. The number of halogens is 1. The van der Waals surface area contributed by atoms with Crippen LogP contribution in [0.3, 0.4) is 0 Å². The highest BCUT2D eigenvalue weighted by molar-refractivity contribution is 7.92. The van der Waals surface area contributed by atoms with E-state index in [1.807, 2.05) is 11.4 Å². The van der Waals surface area contributed by atoms with Crippen LogP contribution in [0.4, 0.5) is 10.1 Å². The molecule has 128 valence electrons. The van der Waals surface area contributed by atoms with Crippen LogP contribution >= 0.6 is 11.3 Å². The summed E-state index contributed by atoms with van der Waals surface area (Å²) in [6.07, 6.45) is 1.73. The largest absolute Gasteiger partial charge is 0.336 e. The quantitative estimate of drug-likeness (QED) is 0.832. The van der Waals surface area contributed by atoms with Gasteiger partial charge in [-0.05, 0) is 35.6 Å². The van der Waals surface area contributed by atoms with E-state index in [-0.39, 0.29) is 11.6 Å². The molecule has 0 bridgehead atoms. The zero-order valence-corrected chi connectivity index (χ0v) is 14.7.